The van der Waals surface area contributed by atoms with E-state index in [9.17, 15) is 4.79 Å². The van der Waals surface area contributed by atoms with E-state index in [2.05, 4.69) is 25.2 Å². The standard InChI is InChI=1S/C16H27N3OS/c1-5-12(6-2)19-11-10-13(17-19)16(20)18(3)14-8-7-9-15(14)21-4/h10-12,14-15H,5-9H2,1-4H3/t14-,15+/m1/s1. The Labute approximate surface area is 132 Å². The van der Waals surface area contributed by atoms with Gasteiger partial charge < -0.3 is 4.90 Å². The zero-order valence-electron chi connectivity index (χ0n) is 13.6. The Morgan fingerprint density at radius 2 is 2.19 bits per heavy atom. The van der Waals surface area contributed by atoms with Gasteiger partial charge in [-0.15, -0.1) is 0 Å². The fourth-order valence-corrected chi connectivity index (χ4v) is 4.31. The second-order valence-corrected chi connectivity index (χ2v) is 6.92. The molecule has 5 heteroatoms. The molecule has 4 nitrogen and oxygen atoms in total. The van der Waals surface area contributed by atoms with E-state index in [1.165, 1.54) is 12.8 Å². The topological polar surface area (TPSA) is 38.1 Å². The molecule has 1 aliphatic carbocycles. The third-order valence-electron chi connectivity index (χ3n) is 4.68. The van der Waals surface area contributed by atoms with Crippen LogP contribution in [0.2, 0.25) is 0 Å². The fourth-order valence-electron chi connectivity index (χ4n) is 3.27. The lowest BCUT2D eigenvalue weighted by Crippen LogP contribution is -2.40. The summed E-state index contributed by atoms with van der Waals surface area (Å²) in [5.74, 6) is 0.0608. The van der Waals surface area contributed by atoms with Crippen LogP contribution in [0.1, 0.15) is 62.5 Å². The van der Waals surface area contributed by atoms with Crippen LogP contribution in [0.5, 0.6) is 0 Å². The number of rotatable bonds is 6. The van der Waals surface area contributed by atoms with E-state index < -0.39 is 0 Å². The monoisotopic (exact) mass is 309 g/mol. The molecule has 2 atom stereocenters. The lowest BCUT2D eigenvalue weighted by Gasteiger charge is -2.28. The predicted molar refractivity (Wildman–Crippen MR) is 88.9 cm³/mol. The second-order valence-electron chi connectivity index (χ2n) is 5.84. The highest BCUT2D eigenvalue weighted by Crippen LogP contribution is 2.32. The summed E-state index contributed by atoms with van der Waals surface area (Å²) < 4.78 is 1.95. The lowest BCUT2D eigenvalue weighted by molar-refractivity contribution is 0.0731. The Morgan fingerprint density at radius 3 is 2.81 bits per heavy atom. The van der Waals surface area contributed by atoms with Gasteiger partial charge in [0, 0.05) is 24.5 Å². The molecule has 1 aromatic heterocycles. The molecule has 1 aliphatic rings. The maximum absolute atomic E-state index is 12.6. The zero-order chi connectivity index (χ0) is 15.4. The van der Waals surface area contributed by atoms with Gasteiger partial charge in [-0.3, -0.25) is 9.48 Å². The number of carbonyl (C=O) groups excluding carboxylic acids is 1. The molecule has 0 bridgehead atoms. The minimum Gasteiger partial charge on any atom is -0.336 e. The number of amides is 1. The van der Waals surface area contributed by atoms with Crippen molar-refractivity contribution >= 4 is 17.7 Å². The number of hydrogen-bond donors (Lipinski definition) is 0. The molecule has 0 saturated heterocycles. The summed E-state index contributed by atoms with van der Waals surface area (Å²) in [6.07, 6.45) is 9.71. The normalized spacial score (nSPS) is 22.0. The van der Waals surface area contributed by atoms with Crippen LogP contribution in [0.4, 0.5) is 0 Å². The van der Waals surface area contributed by atoms with Crippen molar-refractivity contribution in [2.45, 2.75) is 63.3 Å². The van der Waals surface area contributed by atoms with E-state index in [1.54, 1.807) is 0 Å². The molecule has 0 aliphatic heterocycles. The zero-order valence-corrected chi connectivity index (χ0v) is 14.4. The van der Waals surface area contributed by atoms with Crippen LogP contribution >= 0.6 is 11.8 Å². The van der Waals surface area contributed by atoms with E-state index in [0.29, 0.717) is 23.0 Å². The summed E-state index contributed by atoms with van der Waals surface area (Å²) in [5.41, 5.74) is 0.580. The quantitative estimate of drug-likeness (QED) is 0.806. The third kappa shape index (κ3) is 3.44. The first kappa shape index (κ1) is 16.4. The van der Waals surface area contributed by atoms with Crippen LogP contribution in [0.25, 0.3) is 0 Å². The Balaban J connectivity index is 2.09. The molecule has 1 fully saturated rings. The highest BCUT2D eigenvalue weighted by molar-refractivity contribution is 7.99. The van der Waals surface area contributed by atoms with Crippen LogP contribution in [0.15, 0.2) is 12.3 Å². The van der Waals surface area contributed by atoms with Gasteiger partial charge in [0.15, 0.2) is 0 Å². The Kier molecular flexibility index (Phi) is 5.73. The van der Waals surface area contributed by atoms with Crippen molar-refractivity contribution in [2.24, 2.45) is 0 Å². The van der Waals surface area contributed by atoms with Gasteiger partial charge in [-0.25, -0.2) is 0 Å². The number of nitrogens with zero attached hydrogens (tertiary/aromatic N) is 3. The van der Waals surface area contributed by atoms with E-state index >= 15 is 0 Å². The average Bonchev–Trinajstić information content (AvgIpc) is 3.16. The van der Waals surface area contributed by atoms with Gasteiger partial charge in [0.2, 0.25) is 0 Å². The van der Waals surface area contributed by atoms with Gasteiger partial charge in [-0.05, 0) is 38.0 Å². The number of hydrogen-bond acceptors (Lipinski definition) is 3. The van der Waals surface area contributed by atoms with Gasteiger partial charge in [0.25, 0.3) is 5.91 Å². The smallest absolute Gasteiger partial charge is 0.274 e. The molecule has 2 rings (SSSR count). The highest BCUT2D eigenvalue weighted by Gasteiger charge is 2.33. The maximum atomic E-state index is 12.6. The molecule has 21 heavy (non-hydrogen) atoms. The Hall–Kier alpha value is -0.970. The molecule has 1 amide bonds. The summed E-state index contributed by atoms with van der Waals surface area (Å²) >= 11 is 1.88. The first-order valence-corrected chi connectivity index (χ1v) is 9.26. The van der Waals surface area contributed by atoms with E-state index in [4.69, 9.17) is 0 Å². The van der Waals surface area contributed by atoms with Crippen LogP contribution in [0.3, 0.4) is 0 Å². The molecular weight excluding hydrogens is 282 g/mol. The largest absolute Gasteiger partial charge is 0.336 e. The number of thioether (sulfide) groups is 1. The summed E-state index contributed by atoms with van der Waals surface area (Å²) in [6, 6.07) is 2.60. The van der Waals surface area contributed by atoms with Crippen LogP contribution < -0.4 is 0 Å². The molecule has 1 heterocycles. The number of carbonyl (C=O) groups is 1. The Bertz CT molecular complexity index is 470. The third-order valence-corrected chi connectivity index (χ3v) is 5.84. The lowest BCUT2D eigenvalue weighted by atomic mass is 10.2. The predicted octanol–water partition coefficient (Wildman–Crippen LogP) is 3.60. The fraction of sp³-hybridized carbons (Fsp3) is 0.750. The first-order chi connectivity index (χ1) is 10.1. The van der Waals surface area contributed by atoms with Crippen molar-refractivity contribution in [3.63, 3.8) is 0 Å². The van der Waals surface area contributed by atoms with Gasteiger partial charge >= 0.3 is 0 Å². The molecule has 0 aromatic carbocycles. The molecule has 0 unspecified atom stereocenters. The summed E-state index contributed by atoms with van der Waals surface area (Å²) in [6.45, 7) is 4.32. The second kappa shape index (κ2) is 7.34. The van der Waals surface area contributed by atoms with E-state index in [0.717, 1.165) is 19.3 Å². The molecule has 1 aromatic rings. The van der Waals surface area contributed by atoms with Crippen LogP contribution in [-0.2, 0) is 0 Å². The maximum Gasteiger partial charge on any atom is 0.274 e. The van der Waals surface area contributed by atoms with Crippen LogP contribution in [0, 0.1) is 0 Å². The minimum absolute atomic E-state index is 0.0608. The van der Waals surface area contributed by atoms with E-state index in [1.807, 2.05) is 40.7 Å². The molecule has 0 spiro atoms. The van der Waals surface area contributed by atoms with Crippen molar-refractivity contribution in [1.82, 2.24) is 14.7 Å². The van der Waals surface area contributed by atoms with Crippen LogP contribution in [-0.4, -0.2) is 45.2 Å². The van der Waals surface area contributed by atoms with Gasteiger partial charge in [0.05, 0.1) is 6.04 Å². The summed E-state index contributed by atoms with van der Waals surface area (Å²) in [7, 11) is 1.93. The molecule has 118 valence electrons. The molecule has 1 saturated carbocycles. The highest BCUT2D eigenvalue weighted by atomic mass is 32.2. The molecule has 0 N–H and O–H groups in total. The van der Waals surface area contributed by atoms with Crippen molar-refractivity contribution in [3.05, 3.63) is 18.0 Å². The molecular formula is C16H27N3OS. The van der Waals surface area contributed by atoms with Gasteiger partial charge in [0.1, 0.15) is 5.69 Å². The van der Waals surface area contributed by atoms with Gasteiger partial charge in [-0.2, -0.15) is 16.9 Å². The van der Waals surface area contributed by atoms with Crippen molar-refractivity contribution < 1.29 is 4.79 Å². The average molecular weight is 309 g/mol. The summed E-state index contributed by atoms with van der Waals surface area (Å²) in [4.78, 5) is 14.6. The first-order valence-electron chi connectivity index (χ1n) is 7.97. The van der Waals surface area contributed by atoms with Gasteiger partial charge in [-0.1, -0.05) is 20.3 Å². The van der Waals surface area contributed by atoms with Crippen molar-refractivity contribution in [2.75, 3.05) is 13.3 Å². The summed E-state index contributed by atoms with van der Waals surface area (Å²) in [5, 5.41) is 5.08. The SMILES string of the molecule is CCC(CC)n1ccc(C(=O)N(C)[C@@H]2CCC[C@@H]2SC)n1. The minimum atomic E-state index is 0.0608. The van der Waals surface area contributed by atoms with E-state index in [-0.39, 0.29) is 5.91 Å². The van der Waals surface area contributed by atoms with Crippen molar-refractivity contribution in [3.8, 4) is 0 Å². The Morgan fingerprint density at radius 1 is 1.48 bits per heavy atom. The number of aromatic nitrogens is 2. The molecule has 0 radical (unpaired) electrons. The van der Waals surface area contributed by atoms with Crippen molar-refractivity contribution in [1.29, 1.82) is 0 Å².